The van der Waals surface area contributed by atoms with E-state index in [1.54, 1.807) is 12.1 Å². The molecule has 14 heavy (non-hydrogen) atoms. The molecule has 0 atom stereocenters. The van der Waals surface area contributed by atoms with Crippen LogP contribution in [0.3, 0.4) is 0 Å². The number of nitrogens with two attached hydrogens (primary N) is 1. The molecule has 0 bridgehead atoms. The minimum absolute atomic E-state index is 0.0633. The number of oxazole rings is 1. The van der Waals surface area contributed by atoms with Gasteiger partial charge >= 0.3 is 0 Å². The van der Waals surface area contributed by atoms with Crippen molar-refractivity contribution in [1.29, 1.82) is 5.26 Å². The minimum Gasteiger partial charge on any atom is -0.493 e. The van der Waals surface area contributed by atoms with Crippen LogP contribution in [0.25, 0.3) is 11.1 Å². The van der Waals surface area contributed by atoms with Gasteiger partial charge in [-0.05, 0) is 6.07 Å². The van der Waals surface area contributed by atoms with Gasteiger partial charge in [-0.2, -0.15) is 10.2 Å². The van der Waals surface area contributed by atoms with E-state index in [2.05, 4.69) is 4.98 Å². The van der Waals surface area contributed by atoms with Crippen LogP contribution in [-0.2, 0) is 0 Å². The SMILES string of the molecule is COc1cc(C#N)cc2nc(N)oc12. The molecule has 70 valence electrons. The topological polar surface area (TPSA) is 85.1 Å². The van der Waals surface area contributed by atoms with E-state index in [0.717, 1.165) is 0 Å². The predicted molar refractivity (Wildman–Crippen MR) is 49.7 cm³/mol. The van der Waals surface area contributed by atoms with E-state index in [1.807, 2.05) is 6.07 Å². The molecule has 0 unspecified atom stereocenters. The average Bonchev–Trinajstić information content (AvgIpc) is 2.56. The molecular formula is C9H7N3O2. The number of aromatic nitrogens is 1. The number of benzene rings is 1. The zero-order valence-electron chi connectivity index (χ0n) is 7.44. The highest BCUT2D eigenvalue weighted by Gasteiger charge is 2.10. The first-order chi connectivity index (χ1) is 6.74. The molecule has 0 saturated heterocycles. The van der Waals surface area contributed by atoms with Crippen LogP contribution in [0.5, 0.6) is 5.75 Å². The number of hydrogen-bond acceptors (Lipinski definition) is 5. The highest BCUT2D eigenvalue weighted by atomic mass is 16.5. The molecule has 2 N–H and O–H groups in total. The van der Waals surface area contributed by atoms with Gasteiger partial charge in [0.25, 0.3) is 6.01 Å². The lowest BCUT2D eigenvalue weighted by atomic mass is 10.2. The Morgan fingerprint density at radius 2 is 2.36 bits per heavy atom. The Balaban J connectivity index is 2.80. The van der Waals surface area contributed by atoms with Gasteiger partial charge in [0.1, 0.15) is 5.52 Å². The number of rotatable bonds is 1. The monoisotopic (exact) mass is 189 g/mol. The first-order valence-corrected chi connectivity index (χ1v) is 3.88. The minimum atomic E-state index is 0.0633. The molecule has 0 fully saturated rings. The number of hydrogen-bond donors (Lipinski definition) is 1. The van der Waals surface area contributed by atoms with Gasteiger partial charge in [0, 0.05) is 6.07 Å². The standard InChI is InChI=1S/C9H7N3O2/c1-13-7-3-5(4-10)2-6-8(7)14-9(11)12-6/h2-3H,1H3,(H2,11,12). The molecule has 5 nitrogen and oxygen atoms in total. The Bertz CT molecular complexity index is 525. The van der Waals surface area contributed by atoms with Gasteiger partial charge < -0.3 is 14.9 Å². The third-order valence-electron chi connectivity index (χ3n) is 1.82. The van der Waals surface area contributed by atoms with E-state index < -0.39 is 0 Å². The summed E-state index contributed by atoms with van der Waals surface area (Å²) in [6.45, 7) is 0. The van der Waals surface area contributed by atoms with Crippen molar-refractivity contribution in [3.8, 4) is 11.8 Å². The summed E-state index contributed by atoms with van der Waals surface area (Å²) in [7, 11) is 1.49. The Hall–Kier alpha value is -2.22. The summed E-state index contributed by atoms with van der Waals surface area (Å²) in [4.78, 5) is 3.91. The summed E-state index contributed by atoms with van der Waals surface area (Å²) >= 11 is 0. The maximum absolute atomic E-state index is 8.73. The van der Waals surface area contributed by atoms with Gasteiger partial charge in [-0.25, -0.2) is 0 Å². The van der Waals surface area contributed by atoms with Crippen LogP contribution in [0.1, 0.15) is 5.56 Å². The number of nitrogens with zero attached hydrogens (tertiary/aromatic N) is 2. The lowest BCUT2D eigenvalue weighted by Crippen LogP contribution is -1.85. The maximum Gasteiger partial charge on any atom is 0.293 e. The van der Waals surface area contributed by atoms with Gasteiger partial charge in [0.05, 0.1) is 18.7 Å². The van der Waals surface area contributed by atoms with Crippen LogP contribution in [0.4, 0.5) is 6.01 Å². The van der Waals surface area contributed by atoms with Crippen molar-refractivity contribution in [3.05, 3.63) is 17.7 Å². The van der Waals surface area contributed by atoms with E-state index in [1.165, 1.54) is 7.11 Å². The summed E-state index contributed by atoms with van der Waals surface area (Å²) in [5, 5.41) is 8.73. The summed E-state index contributed by atoms with van der Waals surface area (Å²) in [6.07, 6.45) is 0. The fraction of sp³-hybridized carbons (Fsp3) is 0.111. The Morgan fingerprint density at radius 1 is 1.57 bits per heavy atom. The molecule has 2 aromatic rings. The van der Waals surface area contributed by atoms with Crippen molar-refractivity contribution in [3.63, 3.8) is 0 Å². The third-order valence-corrected chi connectivity index (χ3v) is 1.82. The van der Waals surface area contributed by atoms with Crippen molar-refractivity contribution >= 4 is 17.1 Å². The number of ether oxygens (including phenoxy) is 1. The second kappa shape index (κ2) is 2.92. The molecule has 2 rings (SSSR count). The molecule has 0 amide bonds. The van der Waals surface area contributed by atoms with E-state index >= 15 is 0 Å². The highest BCUT2D eigenvalue weighted by molar-refractivity contribution is 5.82. The second-order valence-electron chi connectivity index (χ2n) is 2.69. The van der Waals surface area contributed by atoms with Crippen molar-refractivity contribution < 1.29 is 9.15 Å². The number of nitrogen functional groups attached to an aromatic ring is 1. The van der Waals surface area contributed by atoms with Crippen molar-refractivity contribution in [2.75, 3.05) is 12.8 Å². The Morgan fingerprint density at radius 3 is 3.00 bits per heavy atom. The zero-order chi connectivity index (χ0) is 10.1. The largest absolute Gasteiger partial charge is 0.493 e. The van der Waals surface area contributed by atoms with Crippen LogP contribution in [0.15, 0.2) is 16.5 Å². The number of methoxy groups -OCH3 is 1. The molecule has 1 heterocycles. The second-order valence-corrected chi connectivity index (χ2v) is 2.69. The predicted octanol–water partition coefficient (Wildman–Crippen LogP) is 1.29. The summed E-state index contributed by atoms with van der Waals surface area (Å²) in [6, 6.07) is 5.24. The molecule has 1 aromatic carbocycles. The van der Waals surface area contributed by atoms with Gasteiger partial charge in [0.15, 0.2) is 11.3 Å². The van der Waals surface area contributed by atoms with Crippen LogP contribution in [0.2, 0.25) is 0 Å². The molecule has 0 aliphatic carbocycles. The van der Waals surface area contributed by atoms with E-state index in [0.29, 0.717) is 22.4 Å². The molecule has 0 saturated carbocycles. The first-order valence-electron chi connectivity index (χ1n) is 3.88. The first kappa shape index (κ1) is 8.38. The van der Waals surface area contributed by atoms with Gasteiger partial charge in [-0.3, -0.25) is 0 Å². The fourth-order valence-electron chi connectivity index (χ4n) is 1.24. The fourth-order valence-corrected chi connectivity index (χ4v) is 1.24. The summed E-state index contributed by atoms with van der Waals surface area (Å²) in [5.41, 5.74) is 6.84. The highest BCUT2D eigenvalue weighted by Crippen LogP contribution is 2.28. The van der Waals surface area contributed by atoms with E-state index in [-0.39, 0.29) is 6.01 Å². The molecule has 0 aliphatic rings. The molecule has 5 heteroatoms. The van der Waals surface area contributed by atoms with Crippen molar-refractivity contribution in [1.82, 2.24) is 4.98 Å². The number of nitriles is 1. The van der Waals surface area contributed by atoms with Crippen LogP contribution < -0.4 is 10.5 Å². The van der Waals surface area contributed by atoms with Gasteiger partial charge in [-0.1, -0.05) is 0 Å². The van der Waals surface area contributed by atoms with Crippen molar-refractivity contribution in [2.24, 2.45) is 0 Å². The van der Waals surface area contributed by atoms with Crippen molar-refractivity contribution in [2.45, 2.75) is 0 Å². The number of anilines is 1. The zero-order valence-corrected chi connectivity index (χ0v) is 7.44. The molecule has 0 aliphatic heterocycles. The van der Waals surface area contributed by atoms with Gasteiger partial charge in [-0.15, -0.1) is 0 Å². The smallest absolute Gasteiger partial charge is 0.293 e. The van der Waals surface area contributed by atoms with Crippen LogP contribution >= 0.6 is 0 Å². The maximum atomic E-state index is 8.73. The third kappa shape index (κ3) is 1.13. The quantitative estimate of drug-likeness (QED) is 0.730. The lowest BCUT2D eigenvalue weighted by molar-refractivity contribution is 0.411. The van der Waals surface area contributed by atoms with Gasteiger partial charge in [0.2, 0.25) is 0 Å². The summed E-state index contributed by atoms with van der Waals surface area (Å²) in [5.74, 6) is 0.461. The summed E-state index contributed by atoms with van der Waals surface area (Å²) < 4.78 is 10.2. The Kier molecular flexibility index (Phi) is 1.75. The molecule has 0 radical (unpaired) electrons. The normalized spacial score (nSPS) is 10.0. The molecule has 1 aromatic heterocycles. The molecular weight excluding hydrogens is 182 g/mol. The number of fused-ring (bicyclic) bond motifs is 1. The Labute approximate surface area is 79.7 Å². The van der Waals surface area contributed by atoms with E-state index in [4.69, 9.17) is 20.1 Å². The van der Waals surface area contributed by atoms with Crippen LogP contribution in [0, 0.1) is 11.3 Å². The van der Waals surface area contributed by atoms with E-state index in [9.17, 15) is 0 Å². The average molecular weight is 189 g/mol. The lowest BCUT2D eigenvalue weighted by Gasteiger charge is -1.99. The van der Waals surface area contributed by atoms with Crippen LogP contribution in [-0.4, -0.2) is 12.1 Å². The molecule has 0 spiro atoms.